The lowest BCUT2D eigenvalue weighted by molar-refractivity contribution is 0.439. The van der Waals surface area contributed by atoms with Gasteiger partial charge in [-0.25, -0.2) is 4.39 Å². The summed E-state index contributed by atoms with van der Waals surface area (Å²) in [5, 5.41) is 0. The van der Waals surface area contributed by atoms with E-state index in [0.29, 0.717) is 11.5 Å². The Morgan fingerprint density at radius 3 is 2.41 bits per heavy atom. The third kappa shape index (κ3) is 5.47. The lowest BCUT2D eigenvalue weighted by Gasteiger charge is -2.26. The number of halogens is 1. The SMILES string of the molecule is CCc1cc(C(C)(C)CCCc2ccc(F)c(Oc3ccccc3)c2)ccc1C. The summed E-state index contributed by atoms with van der Waals surface area (Å²) in [5.74, 6) is 0.611. The van der Waals surface area contributed by atoms with Crippen LogP contribution >= 0.6 is 0 Å². The molecular weight excluding hydrogens is 359 g/mol. The second kappa shape index (κ2) is 9.26. The van der Waals surface area contributed by atoms with Crippen molar-refractivity contribution in [2.24, 2.45) is 0 Å². The molecule has 0 saturated heterocycles. The summed E-state index contributed by atoms with van der Waals surface area (Å²) in [6, 6.07) is 21.4. The van der Waals surface area contributed by atoms with Gasteiger partial charge in [0.25, 0.3) is 0 Å². The average Bonchev–Trinajstić information content (AvgIpc) is 2.71. The van der Waals surface area contributed by atoms with Crippen LogP contribution in [0.25, 0.3) is 0 Å². The Morgan fingerprint density at radius 1 is 0.931 bits per heavy atom. The molecule has 0 radical (unpaired) electrons. The Kier molecular flexibility index (Phi) is 6.74. The van der Waals surface area contributed by atoms with Gasteiger partial charge >= 0.3 is 0 Å². The Balaban J connectivity index is 1.64. The summed E-state index contributed by atoms with van der Waals surface area (Å²) in [6.07, 6.45) is 4.08. The molecule has 0 bridgehead atoms. The van der Waals surface area contributed by atoms with Crippen molar-refractivity contribution in [2.75, 3.05) is 0 Å². The van der Waals surface area contributed by atoms with Gasteiger partial charge in [0.2, 0.25) is 0 Å². The molecule has 2 heteroatoms. The maximum Gasteiger partial charge on any atom is 0.165 e. The van der Waals surface area contributed by atoms with Crippen LogP contribution in [0.5, 0.6) is 11.5 Å². The van der Waals surface area contributed by atoms with Gasteiger partial charge in [0.05, 0.1) is 0 Å². The molecule has 0 amide bonds. The third-order valence-corrected chi connectivity index (χ3v) is 5.75. The van der Waals surface area contributed by atoms with Crippen LogP contribution in [0.2, 0.25) is 0 Å². The minimum Gasteiger partial charge on any atom is -0.454 e. The minimum absolute atomic E-state index is 0.112. The summed E-state index contributed by atoms with van der Waals surface area (Å²) in [5.41, 5.74) is 5.40. The Hall–Kier alpha value is -2.61. The molecule has 3 aromatic rings. The molecule has 0 unspecified atom stereocenters. The molecule has 3 rings (SSSR count). The number of hydrogen-bond acceptors (Lipinski definition) is 1. The van der Waals surface area contributed by atoms with Gasteiger partial charge in [-0.15, -0.1) is 0 Å². The molecule has 0 heterocycles. The van der Waals surface area contributed by atoms with Crippen molar-refractivity contribution in [3.8, 4) is 11.5 Å². The molecule has 0 fully saturated rings. The number of hydrogen-bond donors (Lipinski definition) is 0. The fraction of sp³-hybridized carbons (Fsp3) is 0.333. The zero-order valence-corrected chi connectivity index (χ0v) is 18.0. The van der Waals surface area contributed by atoms with Crippen LogP contribution in [0.1, 0.15) is 55.9 Å². The third-order valence-electron chi connectivity index (χ3n) is 5.75. The Labute approximate surface area is 174 Å². The van der Waals surface area contributed by atoms with Gasteiger partial charge in [-0.2, -0.15) is 0 Å². The van der Waals surface area contributed by atoms with Crippen LogP contribution < -0.4 is 4.74 Å². The molecular formula is C27H31FO. The quantitative estimate of drug-likeness (QED) is 0.381. The first-order valence-corrected chi connectivity index (χ1v) is 10.5. The van der Waals surface area contributed by atoms with E-state index < -0.39 is 0 Å². The molecule has 0 N–H and O–H groups in total. The van der Waals surface area contributed by atoms with Crippen molar-refractivity contribution in [3.05, 3.63) is 94.8 Å². The standard InChI is InChI=1S/C27H31FO/c1-5-22-19-23(15-13-20(22)2)27(3,4)17-9-10-21-14-16-25(28)26(18-21)29-24-11-7-6-8-12-24/h6-8,11-16,18-19H,5,9-10,17H2,1-4H3. The van der Waals surface area contributed by atoms with Crippen LogP contribution in [0.4, 0.5) is 4.39 Å². The molecule has 0 aliphatic carbocycles. The number of benzene rings is 3. The van der Waals surface area contributed by atoms with Crippen molar-refractivity contribution in [1.82, 2.24) is 0 Å². The molecule has 0 atom stereocenters. The second-order valence-corrected chi connectivity index (χ2v) is 8.41. The van der Waals surface area contributed by atoms with E-state index in [1.807, 2.05) is 42.5 Å². The molecule has 0 aliphatic heterocycles. The second-order valence-electron chi connectivity index (χ2n) is 8.41. The van der Waals surface area contributed by atoms with Crippen molar-refractivity contribution >= 4 is 0 Å². The van der Waals surface area contributed by atoms with Crippen LogP contribution in [0.3, 0.4) is 0 Å². The molecule has 1 nitrogen and oxygen atoms in total. The number of para-hydroxylation sites is 1. The summed E-state index contributed by atoms with van der Waals surface area (Å²) < 4.78 is 19.9. The highest BCUT2D eigenvalue weighted by Gasteiger charge is 2.21. The van der Waals surface area contributed by atoms with Crippen molar-refractivity contribution in [1.29, 1.82) is 0 Å². The Morgan fingerprint density at radius 2 is 1.69 bits per heavy atom. The largest absolute Gasteiger partial charge is 0.454 e. The predicted molar refractivity (Wildman–Crippen MR) is 119 cm³/mol. The van der Waals surface area contributed by atoms with E-state index in [-0.39, 0.29) is 11.2 Å². The summed E-state index contributed by atoms with van der Waals surface area (Å²) in [7, 11) is 0. The van der Waals surface area contributed by atoms with Gasteiger partial charge in [-0.1, -0.05) is 63.2 Å². The first kappa shape index (κ1) is 21.1. The van der Waals surface area contributed by atoms with E-state index in [2.05, 4.69) is 45.9 Å². The molecule has 0 spiro atoms. The highest BCUT2D eigenvalue weighted by molar-refractivity contribution is 5.36. The zero-order chi connectivity index (χ0) is 20.9. The fourth-order valence-electron chi connectivity index (χ4n) is 3.75. The minimum atomic E-state index is -0.329. The van der Waals surface area contributed by atoms with Gasteiger partial charge in [-0.3, -0.25) is 0 Å². The molecule has 0 aliphatic rings. The van der Waals surface area contributed by atoms with Crippen LogP contribution in [-0.2, 0) is 18.3 Å². The van der Waals surface area contributed by atoms with E-state index in [1.54, 1.807) is 0 Å². The smallest absolute Gasteiger partial charge is 0.165 e. The van der Waals surface area contributed by atoms with Crippen LogP contribution in [-0.4, -0.2) is 0 Å². The van der Waals surface area contributed by atoms with Gasteiger partial charge in [0, 0.05) is 0 Å². The molecule has 3 aromatic carbocycles. The molecule has 29 heavy (non-hydrogen) atoms. The van der Waals surface area contributed by atoms with Crippen LogP contribution in [0.15, 0.2) is 66.7 Å². The van der Waals surface area contributed by atoms with E-state index >= 15 is 0 Å². The molecule has 0 saturated carbocycles. The maximum atomic E-state index is 14.2. The maximum absolute atomic E-state index is 14.2. The highest BCUT2D eigenvalue weighted by Crippen LogP contribution is 2.31. The summed E-state index contributed by atoms with van der Waals surface area (Å²) >= 11 is 0. The first-order valence-electron chi connectivity index (χ1n) is 10.5. The lowest BCUT2D eigenvalue weighted by Crippen LogP contribution is -2.18. The molecule has 0 aromatic heterocycles. The Bertz CT molecular complexity index is 944. The van der Waals surface area contributed by atoms with Gasteiger partial charge in [0.1, 0.15) is 5.75 Å². The lowest BCUT2D eigenvalue weighted by atomic mass is 9.78. The first-order chi connectivity index (χ1) is 13.9. The van der Waals surface area contributed by atoms with E-state index in [1.165, 1.54) is 22.8 Å². The van der Waals surface area contributed by atoms with E-state index in [4.69, 9.17) is 4.74 Å². The fourth-order valence-corrected chi connectivity index (χ4v) is 3.75. The monoisotopic (exact) mass is 390 g/mol. The normalized spacial score (nSPS) is 11.5. The summed E-state index contributed by atoms with van der Waals surface area (Å²) in [6.45, 7) is 9.01. The van der Waals surface area contributed by atoms with E-state index in [0.717, 1.165) is 31.2 Å². The van der Waals surface area contributed by atoms with Crippen molar-refractivity contribution < 1.29 is 9.13 Å². The van der Waals surface area contributed by atoms with Crippen LogP contribution in [0, 0.1) is 12.7 Å². The number of aryl methyl sites for hydroxylation is 3. The highest BCUT2D eigenvalue weighted by atomic mass is 19.1. The van der Waals surface area contributed by atoms with Crippen molar-refractivity contribution in [2.45, 2.75) is 58.8 Å². The summed E-state index contributed by atoms with van der Waals surface area (Å²) in [4.78, 5) is 0. The van der Waals surface area contributed by atoms with Gasteiger partial charge in [-0.05, 0) is 84.5 Å². The molecule has 152 valence electrons. The zero-order valence-electron chi connectivity index (χ0n) is 18.0. The average molecular weight is 391 g/mol. The number of ether oxygens (including phenoxy) is 1. The predicted octanol–water partition coefficient (Wildman–Crippen LogP) is 7.79. The topological polar surface area (TPSA) is 9.23 Å². The van der Waals surface area contributed by atoms with Crippen molar-refractivity contribution in [3.63, 3.8) is 0 Å². The number of rotatable bonds is 8. The van der Waals surface area contributed by atoms with Gasteiger partial charge < -0.3 is 4.74 Å². The van der Waals surface area contributed by atoms with Gasteiger partial charge in [0.15, 0.2) is 11.6 Å². The van der Waals surface area contributed by atoms with E-state index in [9.17, 15) is 4.39 Å².